The summed E-state index contributed by atoms with van der Waals surface area (Å²) in [5, 5.41) is 14.2. The van der Waals surface area contributed by atoms with Crippen molar-refractivity contribution >= 4 is 23.7 Å². The maximum atomic E-state index is 12.0. The molecule has 0 bridgehead atoms. The van der Waals surface area contributed by atoms with Gasteiger partial charge in [0.15, 0.2) is 5.76 Å². The first kappa shape index (κ1) is 15.7. The number of carbonyl (C=O) groups is 1. The predicted octanol–water partition coefficient (Wildman–Crippen LogP) is 2.55. The van der Waals surface area contributed by atoms with E-state index in [1.165, 1.54) is 31.2 Å². The molecule has 0 atom stereocenters. The van der Waals surface area contributed by atoms with Gasteiger partial charge < -0.3 is 9.32 Å². The Balaban J connectivity index is 1.57. The van der Waals surface area contributed by atoms with Crippen LogP contribution in [0.5, 0.6) is 0 Å². The number of benzene rings is 1. The molecule has 3 rings (SSSR count). The summed E-state index contributed by atoms with van der Waals surface area (Å²) >= 11 is 0. The zero-order valence-electron chi connectivity index (χ0n) is 12.8. The minimum absolute atomic E-state index is 0.186. The van der Waals surface area contributed by atoms with Crippen LogP contribution < -0.4 is 10.3 Å². The van der Waals surface area contributed by atoms with Crippen molar-refractivity contribution in [2.75, 3.05) is 18.0 Å². The highest BCUT2D eigenvalue weighted by atomic mass is 16.6. The van der Waals surface area contributed by atoms with Crippen LogP contribution in [-0.4, -0.2) is 30.1 Å². The number of hydrogen-bond donors (Lipinski definition) is 1. The minimum atomic E-state index is -0.641. The van der Waals surface area contributed by atoms with Crippen LogP contribution in [0, 0.1) is 10.1 Å². The van der Waals surface area contributed by atoms with Crippen LogP contribution in [0.2, 0.25) is 0 Å². The lowest BCUT2D eigenvalue weighted by Gasteiger charge is -2.17. The van der Waals surface area contributed by atoms with Crippen LogP contribution in [0.4, 0.5) is 11.6 Å². The molecule has 1 N–H and O–H groups in total. The highest BCUT2D eigenvalue weighted by Gasteiger charge is 2.13. The highest BCUT2D eigenvalue weighted by Crippen LogP contribution is 2.20. The Labute approximate surface area is 137 Å². The molecule has 0 saturated carbocycles. The number of hydrazone groups is 1. The van der Waals surface area contributed by atoms with E-state index >= 15 is 0 Å². The fourth-order valence-corrected chi connectivity index (χ4v) is 2.53. The lowest BCUT2D eigenvalue weighted by molar-refractivity contribution is -0.402. The zero-order valence-corrected chi connectivity index (χ0v) is 12.8. The van der Waals surface area contributed by atoms with E-state index in [9.17, 15) is 14.9 Å². The maximum Gasteiger partial charge on any atom is 0.433 e. The first-order valence-corrected chi connectivity index (χ1v) is 7.56. The van der Waals surface area contributed by atoms with Crippen molar-refractivity contribution < 1.29 is 14.1 Å². The quantitative estimate of drug-likeness (QED) is 0.516. The van der Waals surface area contributed by atoms with Gasteiger partial charge in [0.2, 0.25) is 0 Å². The normalized spacial score (nSPS) is 14.2. The second-order valence-corrected chi connectivity index (χ2v) is 5.37. The van der Waals surface area contributed by atoms with E-state index in [-0.39, 0.29) is 17.6 Å². The first-order chi connectivity index (χ1) is 11.6. The average Bonchev–Trinajstić information content (AvgIpc) is 3.27. The number of amides is 1. The van der Waals surface area contributed by atoms with Gasteiger partial charge in [0.05, 0.1) is 12.3 Å². The Morgan fingerprint density at radius 1 is 1.21 bits per heavy atom. The summed E-state index contributed by atoms with van der Waals surface area (Å²) in [5.74, 6) is -0.549. The second-order valence-electron chi connectivity index (χ2n) is 5.37. The SMILES string of the molecule is O=C(N/N=C\c1ccc([N+](=O)[O-])o1)c1ccc(N2CCCC2)cc1. The molecule has 2 aromatic rings. The second kappa shape index (κ2) is 6.95. The Morgan fingerprint density at radius 2 is 1.92 bits per heavy atom. The largest absolute Gasteiger partial charge is 0.433 e. The molecule has 1 amide bonds. The molecule has 1 aliphatic rings. The van der Waals surface area contributed by atoms with Crippen LogP contribution in [-0.2, 0) is 0 Å². The van der Waals surface area contributed by atoms with E-state index in [1.807, 2.05) is 12.1 Å². The van der Waals surface area contributed by atoms with Gasteiger partial charge in [-0.25, -0.2) is 5.43 Å². The van der Waals surface area contributed by atoms with E-state index in [1.54, 1.807) is 12.1 Å². The summed E-state index contributed by atoms with van der Waals surface area (Å²) in [4.78, 5) is 24.1. The molecule has 1 aromatic carbocycles. The summed E-state index contributed by atoms with van der Waals surface area (Å²) in [6.45, 7) is 2.09. The summed E-state index contributed by atoms with van der Waals surface area (Å²) in [6, 6.07) is 9.95. The van der Waals surface area contributed by atoms with E-state index in [4.69, 9.17) is 4.42 Å². The van der Waals surface area contributed by atoms with Crippen molar-refractivity contribution in [3.63, 3.8) is 0 Å². The van der Waals surface area contributed by atoms with Crippen molar-refractivity contribution in [2.24, 2.45) is 5.10 Å². The molecule has 1 aliphatic heterocycles. The topological polar surface area (TPSA) is 101 Å². The molecule has 0 unspecified atom stereocenters. The van der Waals surface area contributed by atoms with Crippen LogP contribution in [0.25, 0.3) is 0 Å². The summed E-state index contributed by atoms with van der Waals surface area (Å²) in [6.07, 6.45) is 3.60. The number of nitrogens with one attached hydrogen (secondary N) is 1. The van der Waals surface area contributed by atoms with Gasteiger partial charge in [-0.2, -0.15) is 5.10 Å². The number of nitrogens with zero attached hydrogens (tertiary/aromatic N) is 3. The average molecular weight is 328 g/mol. The molecule has 0 radical (unpaired) electrons. The maximum absolute atomic E-state index is 12.0. The van der Waals surface area contributed by atoms with Crippen molar-refractivity contribution in [1.82, 2.24) is 5.43 Å². The van der Waals surface area contributed by atoms with Crippen LogP contribution in [0.3, 0.4) is 0 Å². The lowest BCUT2D eigenvalue weighted by atomic mass is 10.2. The molecule has 1 aromatic heterocycles. The highest BCUT2D eigenvalue weighted by molar-refractivity contribution is 5.95. The molecular weight excluding hydrogens is 312 g/mol. The monoisotopic (exact) mass is 328 g/mol. The number of carbonyl (C=O) groups excluding carboxylic acids is 1. The fraction of sp³-hybridized carbons (Fsp3) is 0.250. The van der Waals surface area contributed by atoms with Gasteiger partial charge in [0, 0.05) is 24.3 Å². The third-order valence-electron chi connectivity index (χ3n) is 3.75. The number of furan rings is 1. The van der Waals surface area contributed by atoms with Crippen LogP contribution >= 0.6 is 0 Å². The zero-order chi connectivity index (χ0) is 16.9. The molecule has 124 valence electrons. The fourth-order valence-electron chi connectivity index (χ4n) is 2.53. The summed E-state index contributed by atoms with van der Waals surface area (Å²) < 4.78 is 4.90. The Bertz CT molecular complexity index is 761. The van der Waals surface area contributed by atoms with Gasteiger partial charge in [0.25, 0.3) is 5.91 Å². The molecule has 8 nitrogen and oxygen atoms in total. The first-order valence-electron chi connectivity index (χ1n) is 7.56. The van der Waals surface area contributed by atoms with Gasteiger partial charge >= 0.3 is 5.88 Å². The number of rotatable bonds is 5. The predicted molar refractivity (Wildman–Crippen MR) is 88.3 cm³/mol. The number of anilines is 1. The number of hydrogen-bond acceptors (Lipinski definition) is 6. The van der Waals surface area contributed by atoms with Crippen LogP contribution in [0.15, 0.2) is 45.9 Å². The van der Waals surface area contributed by atoms with Crippen molar-refractivity contribution in [2.45, 2.75) is 12.8 Å². The standard InChI is InChI=1S/C16H16N4O4/c21-16(18-17-11-14-7-8-15(24-14)20(22)23)12-3-5-13(6-4-12)19-9-1-2-10-19/h3-8,11H,1-2,9-10H2,(H,18,21)/b17-11-. The molecule has 24 heavy (non-hydrogen) atoms. The summed E-state index contributed by atoms with van der Waals surface area (Å²) in [7, 11) is 0. The molecule has 8 heteroatoms. The van der Waals surface area contributed by atoms with Crippen molar-refractivity contribution in [3.05, 3.63) is 57.8 Å². The van der Waals surface area contributed by atoms with Crippen LogP contribution in [0.1, 0.15) is 29.0 Å². The molecule has 1 fully saturated rings. The lowest BCUT2D eigenvalue weighted by Crippen LogP contribution is -2.19. The van der Waals surface area contributed by atoms with Crippen molar-refractivity contribution in [1.29, 1.82) is 0 Å². The number of nitro groups is 1. The summed E-state index contributed by atoms with van der Waals surface area (Å²) in [5.41, 5.74) is 3.96. The van der Waals surface area contributed by atoms with Gasteiger partial charge in [-0.3, -0.25) is 14.9 Å². The Hall–Kier alpha value is -3.16. The Kier molecular flexibility index (Phi) is 4.55. The molecule has 1 saturated heterocycles. The molecule has 0 aliphatic carbocycles. The minimum Gasteiger partial charge on any atom is -0.400 e. The molecular formula is C16H16N4O4. The third-order valence-corrected chi connectivity index (χ3v) is 3.75. The van der Waals surface area contributed by atoms with Gasteiger partial charge in [-0.15, -0.1) is 0 Å². The molecule has 0 spiro atoms. The smallest absolute Gasteiger partial charge is 0.400 e. The van der Waals surface area contributed by atoms with E-state index < -0.39 is 4.92 Å². The van der Waals surface area contributed by atoms with E-state index in [2.05, 4.69) is 15.4 Å². The third kappa shape index (κ3) is 3.60. The van der Waals surface area contributed by atoms with Crippen molar-refractivity contribution in [3.8, 4) is 0 Å². The molecule has 2 heterocycles. The van der Waals surface area contributed by atoms with E-state index in [0.29, 0.717) is 5.56 Å². The van der Waals surface area contributed by atoms with E-state index in [0.717, 1.165) is 18.8 Å². The van der Waals surface area contributed by atoms with Gasteiger partial charge in [-0.05, 0) is 43.2 Å². The van der Waals surface area contributed by atoms with Gasteiger partial charge in [-0.1, -0.05) is 0 Å². The Morgan fingerprint density at radius 3 is 2.54 bits per heavy atom. The van der Waals surface area contributed by atoms with Gasteiger partial charge in [0.1, 0.15) is 4.92 Å².